The summed E-state index contributed by atoms with van der Waals surface area (Å²) in [5, 5.41) is 3.33. The van der Waals surface area contributed by atoms with E-state index in [1.165, 1.54) is 13.1 Å². The van der Waals surface area contributed by atoms with Gasteiger partial charge in [0.25, 0.3) is 0 Å². The maximum absolute atomic E-state index is 11.7. The maximum atomic E-state index is 11.7. The van der Waals surface area contributed by atoms with Crippen molar-refractivity contribution in [2.24, 2.45) is 5.92 Å². The van der Waals surface area contributed by atoms with E-state index in [2.05, 4.69) is 30.8 Å². The van der Waals surface area contributed by atoms with E-state index in [0.717, 1.165) is 18.5 Å². The van der Waals surface area contributed by atoms with Crippen LogP contribution in [0, 0.1) is 5.92 Å². The molecule has 0 amide bonds. The number of nitrogens with one attached hydrogen (secondary N) is 2. The highest BCUT2D eigenvalue weighted by molar-refractivity contribution is 7.89. The van der Waals surface area contributed by atoms with E-state index in [0.29, 0.717) is 17.6 Å². The zero-order valence-corrected chi connectivity index (χ0v) is 13.4. The first-order valence-corrected chi connectivity index (χ1v) is 8.38. The quantitative estimate of drug-likeness (QED) is 0.675. The number of anilines is 2. The first-order valence-electron chi connectivity index (χ1n) is 6.89. The Bertz CT molecular complexity index is 543. The molecule has 0 aliphatic rings. The van der Waals surface area contributed by atoms with Crippen LogP contribution in [0.2, 0.25) is 0 Å². The standard InChI is InChI=1S/C14H25N3O2S/c1-5-10(2)8-11(3)17-14-7-6-12(9-13(14)15)20(18,19)16-4/h6-7,9-11,16-17H,5,8,15H2,1-4H3. The third kappa shape index (κ3) is 4.38. The zero-order valence-electron chi connectivity index (χ0n) is 12.6. The SMILES string of the molecule is CCC(C)CC(C)Nc1ccc(S(=O)(=O)NC)cc1N. The zero-order chi connectivity index (χ0) is 15.3. The van der Waals surface area contributed by atoms with Crippen molar-refractivity contribution in [2.75, 3.05) is 18.1 Å². The van der Waals surface area contributed by atoms with Crippen molar-refractivity contribution in [3.63, 3.8) is 0 Å². The van der Waals surface area contributed by atoms with Crippen molar-refractivity contribution in [3.05, 3.63) is 18.2 Å². The van der Waals surface area contributed by atoms with Gasteiger partial charge in [0.1, 0.15) is 0 Å². The minimum absolute atomic E-state index is 0.178. The van der Waals surface area contributed by atoms with Gasteiger partial charge in [-0.2, -0.15) is 0 Å². The van der Waals surface area contributed by atoms with Crippen molar-refractivity contribution in [1.82, 2.24) is 4.72 Å². The molecule has 0 aliphatic heterocycles. The molecule has 4 N–H and O–H groups in total. The first kappa shape index (κ1) is 16.8. The smallest absolute Gasteiger partial charge is 0.240 e. The average molecular weight is 299 g/mol. The molecule has 20 heavy (non-hydrogen) atoms. The predicted octanol–water partition coefficient (Wildman–Crippen LogP) is 2.41. The molecule has 1 rings (SSSR count). The summed E-state index contributed by atoms with van der Waals surface area (Å²) in [6.07, 6.45) is 2.19. The van der Waals surface area contributed by atoms with E-state index < -0.39 is 10.0 Å². The number of hydrogen-bond acceptors (Lipinski definition) is 4. The van der Waals surface area contributed by atoms with Crippen LogP contribution in [0.5, 0.6) is 0 Å². The van der Waals surface area contributed by atoms with Crippen molar-refractivity contribution in [3.8, 4) is 0 Å². The summed E-state index contributed by atoms with van der Waals surface area (Å²) in [6.45, 7) is 6.48. The fraction of sp³-hybridized carbons (Fsp3) is 0.571. The molecule has 1 aromatic carbocycles. The lowest BCUT2D eigenvalue weighted by Gasteiger charge is -2.20. The topological polar surface area (TPSA) is 84.2 Å². The van der Waals surface area contributed by atoms with Crippen molar-refractivity contribution in [2.45, 2.75) is 44.6 Å². The number of nitrogens with two attached hydrogens (primary N) is 1. The lowest BCUT2D eigenvalue weighted by atomic mass is 10.0. The highest BCUT2D eigenvalue weighted by Crippen LogP contribution is 2.24. The number of nitrogen functional groups attached to an aromatic ring is 1. The van der Waals surface area contributed by atoms with Gasteiger partial charge in [-0.25, -0.2) is 13.1 Å². The molecule has 0 aromatic heterocycles. The van der Waals surface area contributed by atoms with Gasteiger partial charge < -0.3 is 11.1 Å². The third-order valence-electron chi connectivity index (χ3n) is 3.46. The van der Waals surface area contributed by atoms with Gasteiger partial charge >= 0.3 is 0 Å². The van der Waals surface area contributed by atoms with Crippen molar-refractivity contribution >= 4 is 21.4 Å². The molecule has 2 atom stereocenters. The minimum Gasteiger partial charge on any atom is -0.397 e. The van der Waals surface area contributed by atoms with Crippen LogP contribution in [-0.4, -0.2) is 21.5 Å². The molecule has 0 radical (unpaired) electrons. The van der Waals surface area contributed by atoms with Crippen LogP contribution < -0.4 is 15.8 Å². The van der Waals surface area contributed by atoms with Gasteiger partial charge in [-0.05, 0) is 44.5 Å². The van der Waals surface area contributed by atoms with Gasteiger partial charge in [0, 0.05) is 6.04 Å². The lowest BCUT2D eigenvalue weighted by molar-refractivity contribution is 0.484. The highest BCUT2D eigenvalue weighted by atomic mass is 32.2. The second kappa shape index (κ2) is 6.95. The van der Waals surface area contributed by atoms with Crippen LogP contribution in [-0.2, 0) is 10.0 Å². The second-order valence-electron chi connectivity index (χ2n) is 5.25. The lowest BCUT2D eigenvalue weighted by Crippen LogP contribution is -2.20. The second-order valence-corrected chi connectivity index (χ2v) is 7.14. The van der Waals surface area contributed by atoms with Crippen molar-refractivity contribution < 1.29 is 8.42 Å². The van der Waals surface area contributed by atoms with Crippen LogP contribution in [0.1, 0.15) is 33.6 Å². The van der Waals surface area contributed by atoms with E-state index in [9.17, 15) is 8.42 Å². The molecule has 0 spiro atoms. The summed E-state index contributed by atoms with van der Waals surface area (Å²) in [5.41, 5.74) is 7.15. The fourth-order valence-electron chi connectivity index (χ4n) is 2.05. The number of hydrogen-bond donors (Lipinski definition) is 3. The molecule has 0 bridgehead atoms. The van der Waals surface area contributed by atoms with Gasteiger partial charge in [0.05, 0.1) is 16.3 Å². The first-order chi connectivity index (χ1) is 9.30. The molecule has 0 aliphatic carbocycles. The molecule has 0 saturated carbocycles. The third-order valence-corrected chi connectivity index (χ3v) is 4.87. The Balaban J connectivity index is 2.84. The average Bonchev–Trinajstić information content (AvgIpc) is 2.40. The molecular weight excluding hydrogens is 274 g/mol. The Labute approximate surface area is 122 Å². The Morgan fingerprint density at radius 3 is 2.45 bits per heavy atom. The van der Waals surface area contributed by atoms with Gasteiger partial charge in [-0.1, -0.05) is 20.3 Å². The molecule has 2 unspecified atom stereocenters. The Morgan fingerprint density at radius 2 is 1.95 bits per heavy atom. The number of benzene rings is 1. The van der Waals surface area contributed by atoms with Crippen LogP contribution in [0.25, 0.3) is 0 Å². The predicted molar refractivity (Wildman–Crippen MR) is 84.3 cm³/mol. The molecule has 0 saturated heterocycles. The minimum atomic E-state index is -3.45. The molecule has 1 aromatic rings. The molecule has 6 heteroatoms. The number of sulfonamides is 1. The molecule has 114 valence electrons. The van der Waals surface area contributed by atoms with Gasteiger partial charge in [0.2, 0.25) is 10.0 Å². The highest BCUT2D eigenvalue weighted by Gasteiger charge is 2.14. The van der Waals surface area contributed by atoms with Gasteiger partial charge in [0.15, 0.2) is 0 Å². The van der Waals surface area contributed by atoms with Gasteiger partial charge in [-0.15, -0.1) is 0 Å². The Kier molecular flexibility index (Phi) is 5.83. The van der Waals surface area contributed by atoms with Crippen LogP contribution in [0.3, 0.4) is 0 Å². The molecule has 0 heterocycles. The summed E-state index contributed by atoms with van der Waals surface area (Å²) in [5.74, 6) is 0.641. The largest absolute Gasteiger partial charge is 0.397 e. The molecule has 0 fully saturated rings. The Hall–Kier alpha value is -1.27. The number of rotatable bonds is 7. The van der Waals surface area contributed by atoms with Crippen LogP contribution in [0.15, 0.2) is 23.1 Å². The normalized spacial score (nSPS) is 14.8. The Morgan fingerprint density at radius 1 is 1.30 bits per heavy atom. The molecule has 5 nitrogen and oxygen atoms in total. The van der Waals surface area contributed by atoms with E-state index in [4.69, 9.17) is 5.73 Å². The van der Waals surface area contributed by atoms with E-state index in [1.54, 1.807) is 12.1 Å². The summed E-state index contributed by atoms with van der Waals surface area (Å²) in [7, 11) is -2.07. The van der Waals surface area contributed by atoms with Crippen LogP contribution >= 0.6 is 0 Å². The summed E-state index contributed by atoms with van der Waals surface area (Å²) in [4.78, 5) is 0.178. The van der Waals surface area contributed by atoms with Gasteiger partial charge in [-0.3, -0.25) is 0 Å². The van der Waals surface area contributed by atoms with E-state index >= 15 is 0 Å². The summed E-state index contributed by atoms with van der Waals surface area (Å²) in [6, 6.07) is 5.04. The molecular formula is C14H25N3O2S. The van der Waals surface area contributed by atoms with Crippen molar-refractivity contribution in [1.29, 1.82) is 0 Å². The van der Waals surface area contributed by atoms with E-state index in [1.807, 2.05) is 0 Å². The summed E-state index contributed by atoms with van der Waals surface area (Å²) >= 11 is 0. The maximum Gasteiger partial charge on any atom is 0.240 e. The monoisotopic (exact) mass is 299 g/mol. The van der Waals surface area contributed by atoms with Crippen LogP contribution in [0.4, 0.5) is 11.4 Å². The van der Waals surface area contributed by atoms with E-state index in [-0.39, 0.29) is 4.90 Å². The fourth-order valence-corrected chi connectivity index (χ4v) is 2.82. The summed E-state index contributed by atoms with van der Waals surface area (Å²) < 4.78 is 25.6.